The Bertz CT molecular complexity index is 970. The fourth-order valence-corrected chi connectivity index (χ4v) is 3.82. The highest BCUT2D eigenvalue weighted by Crippen LogP contribution is 2.28. The second-order valence-corrected chi connectivity index (χ2v) is 6.99. The molecule has 1 saturated heterocycles. The molecule has 0 saturated carbocycles. The summed E-state index contributed by atoms with van der Waals surface area (Å²) in [5.41, 5.74) is 3.11. The predicted octanol–water partition coefficient (Wildman–Crippen LogP) is 1.54. The average Bonchev–Trinajstić information content (AvgIpc) is 3.13. The van der Waals surface area contributed by atoms with E-state index in [9.17, 15) is 9.59 Å². The van der Waals surface area contributed by atoms with Crippen LogP contribution < -0.4 is 4.90 Å². The molecule has 1 amide bonds. The summed E-state index contributed by atoms with van der Waals surface area (Å²) in [4.78, 5) is 29.4. The van der Waals surface area contributed by atoms with Gasteiger partial charge in [0.05, 0.1) is 32.7 Å². The van der Waals surface area contributed by atoms with E-state index in [1.165, 1.54) is 4.90 Å². The Morgan fingerprint density at radius 2 is 1.70 bits per heavy atom. The molecule has 138 valence electrons. The van der Waals surface area contributed by atoms with Crippen LogP contribution in [0.5, 0.6) is 0 Å². The number of carbonyl (C=O) groups excluding carboxylic acids is 2. The maximum Gasteiger partial charge on any atom is 0.297 e. The number of Topliss-reactive ketones (excluding diaryl/α,β-unsaturated/α-hetero) is 1. The second-order valence-electron chi connectivity index (χ2n) is 6.99. The normalized spacial score (nSPS) is 15.2. The molecule has 2 aromatic heterocycles. The van der Waals surface area contributed by atoms with Gasteiger partial charge in [-0.1, -0.05) is 36.4 Å². The van der Waals surface area contributed by atoms with Gasteiger partial charge in [0.2, 0.25) is 0 Å². The first kappa shape index (κ1) is 17.5. The fraction of sp³-hybridized carbons (Fsp3) is 0.273. The Balaban J connectivity index is 1.72. The van der Waals surface area contributed by atoms with Gasteiger partial charge in [-0.2, -0.15) is 0 Å². The van der Waals surface area contributed by atoms with E-state index in [4.69, 9.17) is 0 Å². The molecular weight excluding hydrogens is 338 g/mol. The van der Waals surface area contributed by atoms with Gasteiger partial charge in [0.1, 0.15) is 5.69 Å². The van der Waals surface area contributed by atoms with Gasteiger partial charge >= 0.3 is 0 Å². The average molecular weight is 362 g/mol. The molecule has 0 spiro atoms. The van der Waals surface area contributed by atoms with Gasteiger partial charge in [0.15, 0.2) is 0 Å². The number of carbonyl (C=O) groups is 2. The van der Waals surface area contributed by atoms with E-state index in [1.807, 2.05) is 65.2 Å². The van der Waals surface area contributed by atoms with E-state index in [0.717, 1.165) is 36.3 Å². The van der Waals surface area contributed by atoms with Gasteiger partial charge in [-0.05, 0) is 30.7 Å². The number of quaternary nitrogens is 1. The molecule has 0 bridgehead atoms. The first-order valence-electron chi connectivity index (χ1n) is 9.51. The highest BCUT2D eigenvalue weighted by Gasteiger charge is 2.31. The van der Waals surface area contributed by atoms with Crippen LogP contribution >= 0.6 is 0 Å². The standard InChI is InChI=1S/C22H23N3O2/c1-2-23-12-14-24(15-13-23)22(27)21(26)20-19(17-8-4-3-5-9-17)16-18-10-6-7-11-25(18)20/h3-11,16H,2,12-15H2,1H3/p+1. The highest BCUT2D eigenvalue weighted by atomic mass is 16.2. The molecule has 1 aliphatic heterocycles. The van der Waals surface area contributed by atoms with Crippen molar-refractivity contribution < 1.29 is 14.5 Å². The number of rotatable bonds is 4. The molecule has 1 aromatic carbocycles. The molecule has 5 nitrogen and oxygen atoms in total. The molecule has 1 aliphatic rings. The fourth-order valence-electron chi connectivity index (χ4n) is 3.82. The molecule has 1 N–H and O–H groups in total. The second kappa shape index (κ2) is 7.37. The maximum absolute atomic E-state index is 13.2. The van der Waals surface area contributed by atoms with E-state index in [-0.39, 0.29) is 0 Å². The lowest BCUT2D eigenvalue weighted by molar-refractivity contribution is -0.902. The van der Waals surface area contributed by atoms with E-state index >= 15 is 0 Å². The number of nitrogens with zero attached hydrogens (tertiary/aromatic N) is 2. The number of aromatic nitrogens is 1. The number of pyridine rings is 1. The Kier molecular flexibility index (Phi) is 4.77. The summed E-state index contributed by atoms with van der Waals surface area (Å²) >= 11 is 0. The summed E-state index contributed by atoms with van der Waals surface area (Å²) in [5.74, 6) is -0.828. The summed E-state index contributed by atoms with van der Waals surface area (Å²) in [6.45, 7) is 6.27. The summed E-state index contributed by atoms with van der Waals surface area (Å²) < 4.78 is 1.83. The predicted molar refractivity (Wildman–Crippen MR) is 105 cm³/mol. The molecule has 5 heteroatoms. The van der Waals surface area contributed by atoms with Crippen LogP contribution in [-0.4, -0.2) is 53.7 Å². The van der Waals surface area contributed by atoms with Crippen LogP contribution in [0.2, 0.25) is 0 Å². The number of nitrogens with one attached hydrogen (secondary N) is 1. The summed E-state index contributed by atoms with van der Waals surface area (Å²) in [6, 6.07) is 17.5. The number of hydrogen-bond donors (Lipinski definition) is 1. The van der Waals surface area contributed by atoms with Crippen molar-refractivity contribution in [3.63, 3.8) is 0 Å². The van der Waals surface area contributed by atoms with Crippen molar-refractivity contribution >= 4 is 17.2 Å². The molecule has 3 aromatic rings. The quantitative estimate of drug-likeness (QED) is 0.565. The minimum Gasteiger partial charge on any atom is -0.332 e. The molecule has 0 atom stereocenters. The third-order valence-corrected chi connectivity index (χ3v) is 5.43. The van der Waals surface area contributed by atoms with Crippen LogP contribution in [0.15, 0.2) is 60.8 Å². The van der Waals surface area contributed by atoms with Gasteiger partial charge in [0, 0.05) is 17.3 Å². The molecule has 0 aliphatic carbocycles. The van der Waals surface area contributed by atoms with Gasteiger partial charge in [-0.25, -0.2) is 0 Å². The Morgan fingerprint density at radius 3 is 2.41 bits per heavy atom. The number of ketones is 1. The zero-order valence-electron chi connectivity index (χ0n) is 15.5. The van der Waals surface area contributed by atoms with Crippen molar-refractivity contribution in [3.05, 3.63) is 66.5 Å². The van der Waals surface area contributed by atoms with E-state index in [1.54, 1.807) is 4.90 Å². The topological polar surface area (TPSA) is 46.2 Å². The van der Waals surface area contributed by atoms with Crippen molar-refractivity contribution in [2.45, 2.75) is 6.92 Å². The number of hydrogen-bond acceptors (Lipinski definition) is 2. The molecule has 3 heterocycles. The lowest BCUT2D eigenvalue weighted by Crippen LogP contribution is -3.14. The first-order valence-corrected chi connectivity index (χ1v) is 9.51. The van der Waals surface area contributed by atoms with Crippen LogP contribution in [-0.2, 0) is 4.79 Å². The van der Waals surface area contributed by atoms with E-state index in [2.05, 4.69) is 6.92 Å². The minimum atomic E-state index is -0.431. The number of likely N-dealkylation sites (N-methyl/N-ethyl adjacent to an activating group) is 1. The van der Waals surface area contributed by atoms with Gasteiger partial charge in [-0.15, -0.1) is 0 Å². The van der Waals surface area contributed by atoms with Crippen LogP contribution in [0.4, 0.5) is 0 Å². The smallest absolute Gasteiger partial charge is 0.297 e. The van der Waals surface area contributed by atoms with E-state index < -0.39 is 11.7 Å². The minimum absolute atomic E-state index is 0.397. The summed E-state index contributed by atoms with van der Waals surface area (Å²) in [5, 5.41) is 0. The number of amides is 1. The Labute approximate surface area is 158 Å². The Hall–Kier alpha value is -2.92. The zero-order chi connectivity index (χ0) is 18.8. The van der Waals surface area contributed by atoms with Crippen molar-refractivity contribution in [2.75, 3.05) is 32.7 Å². The monoisotopic (exact) mass is 362 g/mol. The molecule has 27 heavy (non-hydrogen) atoms. The lowest BCUT2D eigenvalue weighted by Gasteiger charge is -2.31. The van der Waals surface area contributed by atoms with Gasteiger partial charge in [0.25, 0.3) is 11.7 Å². The van der Waals surface area contributed by atoms with Gasteiger partial charge in [-0.3, -0.25) is 9.59 Å². The molecule has 4 rings (SSSR count). The third-order valence-electron chi connectivity index (χ3n) is 5.43. The van der Waals surface area contributed by atoms with E-state index in [0.29, 0.717) is 18.8 Å². The SMILES string of the molecule is CC[NH+]1CCN(C(=O)C(=O)c2c(-c3ccccc3)cc3ccccn23)CC1. The molecule has 0 unspecified atom stereocenters. The first-order chi connectivity index (χ1) is 13.2. The van der Waals surface area contributed by atoms with Crippen molar-refractivity contribution in [3.8, 4) is 11.1 Å². The number of fused-ring (bicyclic) bond motifs is 1. The summed E-state index contributed by atoms with van der Waals surface area (Å²) in [7, 11) is 0. The van der Waals surface area contributed by atoms with Crippen molar-refractivity contribution in [1.29, 1.82) is 0 Å². The van der Waals surface area contributed by atoms with Crippen molar-refractivity contribution in [2.24, 2.45) is 0 Å². The number of piperazine rings is 1. The van der Waals surface area contributed by atoms with Crippen LogP contribution in [0, 0.1) is 0 Å². The molecular formula is C22H24N3O2+. The maximum atomic E-state index is 13.2. The van der Waals surface area contributed by atoms with Crippen molar-refractivity contribution in [1.82, 2.24) is 9.30 Å². The largest absolute Gasteiger partial charge is 0.332 e. The summed E-state index contributed by atoms with van der Waals surface area (Å²) in [6.07, 6.45) is 1.85. The third kappa shape index (κ3) is 3.26. The van der Waals surface area contributed by atoms with Crippen LogP contribution in [0.3, 0.4) is 0 Å². The zero-order valence-corrected chi connectivity index (χ0v) is 15.5. The van der Waals surface area contributed by atoms with Gasteiger partial charge < -0.3 is 14.2 Å². The van der Waals surface area contributed by atoms with Crippen LogP contribution in [0.25, 0.3) is 16.6 Å². The number of benzene rings is 1. The lowest BCUT2D eigenvalue weighted by atomic mass is 10.0. The highest BCUT2D eigenvalue weighted by molar-refractivity contribution is 6.43. The Morgan fingerprint density at radius 1 is 1.00 bits per heavy atom. The van der Waals surface area contributed by atoms with Crippen LogP contribution in [0.1, 0.15) is 17.4 Å². The molecule has 0 radical (unpaired) electrons. The molecule has 1 fully saturated rings.